The predicted octanol–water partition coefficient (Wildman–Crippen LogP) is 1.41. The van der Waals surface area contributed by atoms with Crippen LogP contribution in [-0.4, -0.2) is 40.2 Å². The van der Waals surface area contributed by atoms with E-state index in [2.05, 4.69) is 0 Å². The van der Waals surface area contributed by atoms with Crippen molar-refractivity contribution in [2.45, 2.75) is 25.4 Å². The van der Waals surface area contributed by atoms with Gasteiger partial charge in [0.25, 0.3) is 0 Å². The van der Waals surface area contributed by atoms with E-state index < -0.39 is 12.1 Å². The molecule has 124 valence electrons. The number of hydrogen-bond acceptors (Lipinski definition) is 5. The minimum atomic E-state index is -0.774. The SMILES string of the molecule is O.O=C1/C=C\CCOC(=O)c2c(O)cccc2/C=C/C[C@H](O)C1. The third-order valence-electron chi connectivity index (χ3n) is 3.24. The Morgan fingerprint density at radius 1 is 1.13 bits per heavy atom. The summed E-state index contributed by atoms with van der Waals surface area (Å²) in [5.41, 5.74) is 0.612. The molecule has 0 spiro atoms. The highest BCUT2D eigenvalue weighted by Gasteiger charge is 2.16. The van der Waals surface area contributed by atoms with Crippen LogP contribution in [0.15, 0.2) is 36.4 Å². The fraction of sp³-hybridized carbons (Fsp3) is 0.294. The van der Waals surface area contributed by atoms with Crippen LogP contribution in [0, 0.1) is 0 Å². The number of rotatable bonds is 0. The zero-order valence-corrected chi connectivity index (χ0v) is 12.6. The predicted molar refractivity (Wildman–Crippen MR) is 85.0 cm³/mol. The Labute approximate surface area is 134 Å². The van der Waals surface area contributed by atoms with Crippen molar-refractivity contribution in [3.63, 3.8) is 0 Å². The number of carbonyl (C=O) groups excluding carboxylic acids is 2. The van der Waals surface area contributed by atoms with Crippen LogP contribution in [-0.2, 0) is 9.53 Å². The van der Waals surface area contributed by atoms with Crippen LogP contribution in [0.2, 0.25) is 0 Å². The first kappa shape index (κ1) is 18.6. The van der Waals surface area contributed by atoms with Gasteiger partial charge in [-0.15, -0.1) is 0 Å². The second-order valence-electron chi connectivity index (χ2n) is 5.03. The zero-order valence-electron chi connectivity index (χ0n) is 12.6. The highest BCUT2D eigenvalue weighted by atomic mass is 16.5. The number of phenolic OH excluding ortho intramolecular Hbond substituents is 1. The van der Waals surface area contributed by atoms with Gasteiger partial charge in [-0.25, -0.2) is 4.79 Å². The number of phenols is 1. The minimum absolute atomic E-state index is 0. The molecule has 1 aliphatic heterocycles. The lowest BCUT2D eigenvalue weighted by molar-refractivity contribution is -0.116. The number of benzene rings is 1. The Kier molecular flexibility index (Phi) is 7.18. The van der Waals surface area contributed by atoms with Crippen molar-refractivity contribution >= 4 is 17.8 Å². The van der Waals surface area contributed by atoms with E-state index in [0.717, 1.165) is 0 Å². The number of esters is 1. The summed E-state index contributed by atoms with van der Waals surface area (Å²) in [4.78, 5) is 23.6. The number of allylic oxidation sites excluding steroid dienone is 1. The Morgan fingerprint density at radius 2 is 1.91 bits per heavy atom. The first-order valence-corrected chi connectivity index (χ1v) is 7.11. The Balaban J connectivity index is 0.00000264. The fourth-order valence-corrected chi connectivity index (χ4v) is 2.16. The average Bonchev–Trinajstić information content (AvgIpc) is 2.46. The summed E-state index contributed by atoms with van der Waals surface area (Å²) >= 11 is 0. The Morgan fingerprint density at radius 3 is 2.70 bits per heavy atom. The van der Waals surface area contributed by atoms with Crippen LogP contribution < -0.4 is 0 Å². The van der Waals surface area contributed by atoms with E-state index in [1.165, 1.54) is 12.1 Å². The average molecular weight is 320 g/mol. The molecule has 1 atom stereocenters. The molecule has 1 aliphatic rings. The number of hydrogen-bond donors (Lipinski definition) is 2. The van der Waals surface area contributed by atoms with Crippen molar-refractivity contribution < 1.29 is 30.0 Å². The van der Waals surface area contributed by atoms with Gasteiger partial charge in [0.2, 0.25) is 0 Å². The maximum absolute atomic E-state index is 12.1. The van der Waals surface area contributed by atoms with E-state index in [1.807, 2.05) is 0 Å². The maximum atomic E-state index is 12.1. The zero-order chi connectivity index (χ0) is 15.9. The van der Waals surface area contributed by atoms with Crippen molar-refractivity contribution in [2.24, 2.45) is 0 Å². The van der Waals surface area contributed by atoms with Gasteiger partial charge in [0.15, 0.2) is 5.78 Å². The van der Waals surface area contributed by atoms with Gasteiger partial charge in [-0.1, -0.05) is 30.4 Å². The van der Waals surface area contributed by atoms with Crippen molar-refractivity contribution in [3.05, 3.63) is 47.6 Å². The number of fused-ring (bicyclic) bond motifs is 1. The Hall–Kier alpha value is -2.44. The van der Waals surface area contributed by atoms with Crippen LogP contribution in [0.4, 0.5) is 0 Å². The van der Waals surface area contributed by atoms with Crippen LogP contribution in [0.1, 0.15) is 35.2 Å². The summed E-state index contributed by atoms with van der Waals surface area (Å²) in [5.74, 6) is -0.928. The second kappa shape index (κ2) is 8.87. The number of ketones is 1. The van der Waals surface area contributed by atoms with Gasteiger partial charge in [0.1, 0.15) is 11.3 Å². The number of ether oxygens (including phenoxy) is 1. The molecule has 0 aliphatic carbocycles. The highest BCUT2D eigenvalue weighted by molar-refractivity contribution is 5.96. The van der Waals surface area contributed by atoms with Gasteiger partial charge in [-0.2, -0.15) is 0 Å². The molecule has 6 heteroatoms. The molecular weight excluding hydrogens is 300 g/mol. The van der Waals surface area contributed by atoms with Gasteiger partial charge < -0.3 is 20.4 Å². The van der Waals surface area contributed by atoms with Crippen molar-refractivity contribution in [2.75, 3.05) is 6.61 Å². The summed E-state index contributed by atoms with van der Waals surface area (Å²) in [6.07, 6.45) is 6.24. The molecule has 4 N–H and O–H groups in total. The van der Waals surface area contributed by atoms with E-state index in [9.17, 15) is 19.8 Å². The highest BCUT2D eigenvalue weighted by Crippen LogP contribution is 2.23. The first-order chi connectivity index (χ1) is 10.6. The molecule has 0 radical (unpaired) electrons. The normalized spacial score (nSPS) is 22.0. The summed E-state index contributed by atoms with van der Waals surface area (Å²) in [5, 5.41) is 19.7. The molecule has 2 rings (SSSR count). The molecule has 0 saturated heterocycles. The molecule has 0 saturated carbocycles. The third kappa shape index (κ3) is 5.36. The molecule has 0 fully saturated rings. The van der Waals surface area contributed by atoms with Gasteiger partial charge in [-0.05, 0) is 30.5 Å². The first-order valence-electron chi connectivity index (χ1n) is 7.11. The van der Waals surface area contributed by atoms with E-state index >= 15 is 0 Å². The molecule has 1 aromatic carbocycles. The molecule has 0 amide bonds. The van der Waals surface area contributed by atoms with Gasteiger partial charge in [-0.3, -0.25) is 4.79 Å². The molecule has 23 heavy (non-hydrogen) atoms. The fourth-order valence-electron chi connectivity index (χ4n) is 2.16. The van der Waals surface area contributed by atoms with Crippen LogP contribution in [0.3, 0.4) is 0 Å². The van der Waals surface area contributed by atoms with Crippen LogP contribution in [0.25, 0.3) is 6.08 Å². The molecular formula is C17H20O6. The quantitative estimate of drug-likeness (QED) is 0.701. The molecule has 1 aromatic rings. The summed E-state index contributed by atoms with van der Waals surface area (Å²) < 4.78 is 5.11. The molecule has 1 heterocycles. The van der Waals surface area contributed by atoms with Gasteiger partial charge in [0.05, 0.1) is 12.7 Å². The number of aliphatic hydroxyl groups is 1. The van der Waals surface area contributed by atoms with Crippen LogP contribution in [0.5, 0.6) is 5.75 Å². The van der Waals surface area contributed by atoms with E-state index in [4.69, 9.17) is 4.74 Å². The standard InChI is InChI=1S/C17H18O5.H2O/c18-13-7-1-2-10-22-17(21)16-12(6-4-9-15(16)20)5-3-8-14(19)11-13;/h1,3-7,9,14,19-20H,2,8,10-11H2;1H2/b5-3+,7-1-;/t14-;/m0./s1. The molecule has 0 unspecified atom stereocenters. The maximum Gasteiger partial charge on any atom is 0.342 e. The van der Waals surface area contributed by atoms with Crippen molar-refractivity contribution in [3.8, 4) is 5.75 Å². The summed E-state index contributed by atoms with van der Waals surface area (Å²) in [7, 11) is 0. The third-order valence-corrected chi connectivity index (χ3v) is 3.24. The van der Waals surface area contributed by atoms with Crippen LogP contribution >= 0.6 is 0 Å². The molecule has 0 aromatic heterocycles. The lowest BCUT2D eigenvalue weighted by atomic mass is 10.0. The number of aromatic hydroxyl groups is 1. The van der Waals surface area contributed by atoms with Crippen molar-refractivity contribution in [1.29, 1.82) is 0 Å². The van der Waals surface area contributed by atoms with E-state index in [0.29, 0.717) is 12.0 Å². The van der Waals surface area contributed by atoms with E-state index in [1.54, 1.807) is 30.4 Å². The number of carbonyl (C=O) groups is 2. The number of aliphatic hydroxyl groups excluding tert-OH is 1. The second-order valence-corrected chi connectivity index (χ2v) is 5.03. The Bertz CT molecular complexity index is 618. The number of cyclic esters (lactones) is 1. The summed E-state index contributed by atoms with van der Waals surface area (Å²) in [6.45, 7) is 0.114. The van der Waals surface area contributed by atoms with Gasteiger partial charge >= 0.3 is 5.97 Å². The van der Waals surface area contributed by atoms with Gasteiger partial charge in [0, 0.05) is 6.42 Å². The lowest BCUT2D eigenvalue weighted by Gasteiger charge is -2.10. The molecule has 6 nitrogen and oxygen atoms in total. The smallest absolute Gasteiger partial charge is 0.342 e. The lowest BCUT2D eigenvalue weighted by Crippen LogP contribution is -2.11. The van der Waals surface area contributed by atoms with E-state index in [-0.39, 0.29) is 42.0 Å². The topological polar surface area (TPSA) is 115 Å². The summed E-state index contributed by atoms with van der Waals surface area (Å²) in [6, 6.07) is 4.72. The molecule has 0 bridgehead atoms. The monoisotopic (exact) mass is 320 g/mol. The largest absolute Gasteiger partial charge is 0.507 e. The minimum Gasteiger partial charge on any atom is -0.507 e. The van der Waals surface area contributed by atoms with Crippen molar-refractivity contribution in [1.82, 2.24) is 0 Å².